The van der Waals surface area contributed by atoms with Crippen LogP contribution in [0.4, 0.5) is 0 Å². The molecule has 0 atom stereocenters. The molecule has 0 saturated heterocycles. The predicted octanol–water partition coefficient (Wildman–Crippen LogP) is 14.6. The Morgan fingerprint density at radius 2 is 0.729 bits per heavy atom. The van der Waals surface area contributed by atoms with Crippen LogP contribution in [0.5, 0.6) is 0 Å². The van der Waals surface area contributed by atoms with E-state index in [1.165, 1.54) is 11.1 Å². The second-order valence-electron chi connectivity index (χ2n) is 14.8. The molecule has 0 aliphatic rings. The van der Waals surface area contributed by atoms with Crippen molar-refractivity contribution < 1.29 is 4.42 Å². The molecule has 2 heterocycles. The van der Waals surface area contributed by atoms with Crippen molar-refractivity contribution in [2.75, 3.05) is 0 Å². The van der Waals surface area contributed by atoms with Crippen LogP contribution in [0.2, 0.25) is 0 Å². The lowest BCUT2D eigenvalue weighted by Crippen LogP contribution is -2.01. The molecule has 11 aromatic rings. The maximum atomic E-state index is 6.63. The number of fused-ring (bicyclic) bond motifs is 4. The molecule has 0 unspecified atom stereocenters. The van der Waals surface area contributed by atoms with E-state index >= 15 is 0 Å². The number of furan rings is 1. The van der Waals surface area contributed by atoms with Crippen LogP contribution in [0.15, 0.2) is 217 Å². The fourth-order valence-electron chi connectivity index (χ4n) is 8.30. The van der Waals surface area contributed by atoms with Crippen LogP contribution < -0.4 is 0 Å². The van der Waals surface area contributed by atoms with Crippen molar-refractivity contribution in [2.24, 2.45) is 0 Å². The van der Waals surface area contributed by atoms with E-state index in [9.17, 15) is 0 Å². The van der Waals surface area contributed by atoms with E-state index in [0.717, 1.165) is 82.8 Å². The van der Waals surface area contributed by atoms with Gasteiger partial charge in [-0.2, -0.15) is 0 Å². The Balaban J connectivity index is 1.07. The van der Waals surface area contributed by atoms with E-state index in [0.29, 0.717) is 17.5 Å². The zero-order chi connectivity index (χ0) is 39.1. The number of benzene rings is 9. The van der Waals surface area contributed by atoms with Gasteiger partial charge in [-0.3, -0.25) is 0 Å². The van der Waals surface area contributed by atoms with E-state index in [2.05, 4.69) is 188 Å². The van der Waals surface area contributed by atoms with Crippen molar-refractivity contribution in [2.45, 2.75) is 0 Å². The normalized spacial score (nSPS) is 11.4. The minimum Gasteiger partial charge on any atom is -0.456 e. The van der Waals surface area contributed by atoms with Gasteiger partial charge in [0.15, 0.2) is 17.5 Å². The molecule has 0 N–H and O–H groups in total. The van der Waals surface area contributed by atoms with Crippen molar-refractivity contribution >= 4 is 32.7 Å². The zero-order valence-corrected chi connectivity index (χ0v) is 32.0. The molecule has 0 radical (unpaired) electrons. The lowest BCUT2D eigenvalue weighted by Gasteiger charge is -2.13. The van der Waals surface area contributed by atoms with Gasteiger partial charge in [0.25, 0.3) is 0 Å². The summed E-state index contributed by atoms with van der Waals surface area (Å²) in [5.74, 6) is 1.78. The van der Waals surface area contributed by atoms with Crippen molar-refractivity contribution in [3.8, 4) is 78.7 Å². The molecule has 0 fully saturated rings. The molecule has 0 bridgehead atoms. The molecule has 9 aromatic carbocycles. The highest BCUT2D eigenvalue weighted by atomic mass is 16.3. The largest absolute Gasteiger partial charge is 0.456 e. The van der Waals surface area contributed by atoms with Gasteiger partial charge in [0.1, 0.15) is 11.2 Å². The summed E-state index contributed by atoms with van der Waals surface area (Å²) in [5, 5.41) is 4.34. The van der Waals surface area contributed by atoms with Crippen LogP contribution in [-0.2, 0) is 0 Å². The second-order valence-corrected chi connectivity index (χ2v) is 14.8. The first-order valence-corrected chi connectivity index (χ1v) is 19.8. The quantitative estimate of drug-likeness (QED) is 0.163. The van der Waals surface area contributed by atoms with Gasteiger partial charge in [-0.15, -0.1) is 0 Å². The third kappa shape index (κ3) is 6.34. The lowest BCUT2D eigenvalue weighted by molar-refractivity contribution is 0.669. The van der Waals surface area contributed by atoms with Crippen LogP contribution in [0.25, 0.3) is 111 Å². The predicted molar refractivity (Wildman–Crippen MR) is 243 cm³/mol. The Hall–Kier alpha value is -7.95. The minimum atomic E-state index is 0.574. The fraction of sp³-hybridized carbons (Fsp3) is 0. The van der Waals surface area contributed by atoms with E-state index in [4.69, 9.17) is 19.4 Å². The molecule has 2 aromatic heterocycles. The second kappa shape index (κ2) is 14.5. The molecule has 0 aliphatic carbocycles. The third-order valence-electron chi connectivity index (χ3n) is 11.1. The highest BCUT2D eigenvalue weighted by Gasteiger charge is 2.19. The molecule has 276 valence electrons. The van der Waals surface area contributed by atoms with Gasteiger partial charge in [0, 0.05) is 27.5 Å². The first-order valence-electron chi connectivity index (χ1n) is 19.8. The molecule has 0 aliphatic heterocycles. The van der Waals surface area contributed by atoms with Crippen molar-refractivity contribution in [1.29, 1.82) is 0 Å². The smallest absolute Gasteiger partial charge is 0.164 e. The monoisotopic (exact) mass is 753 g/mol. The summed E-state index contributed by atoms with van der Waals surface area (Å²) >= 11 is 0. The molecular weight excluding hydrogens is 719 g/mol. The van der Waals surface area contributed by atoms with Gasteiger partial charge in [-0.1, -0.05) is 182 Å². The van der Waals surface area contributed by atoms with Crippen LogP contribution >= 0.6 is 0 Å². The number of nitrogens with zero attached hydrogens (tertiary/aromatic N) is 3. The number of hydrogen-bond acceptors (Lipinski definition) is 4. The third-order valence-corrected chi connectivity index (χ3v) is 11.1. The number of aromatic nitrogens is 3. The average Bonchev–Trinajstić information content (AvgIpc) is 3.70. The number of rotatable bonds is 7. The Bertz CT molecular complexity index is 3320. The molecule has 0 saturated carbocycles. The first kappa shape index (κ1) is 34.3. The topological polar surface area (TPSA) is 51.8 Å². The van der Waals surface area contributed by atoms with Crippen LogP contribution in [-0.4, -0.2) is 15.0 Å². The van der Waals surface area contributed by atoms with E-state index in [-0.39, 0.29) is 0 Å². The summed E-state index contributed by atoms with van der Waals surface area (Å²) < 4.78 is 6.63. The molecule has 59 heavy (non-hydrogen) atoms. The molecule has 11 rings (SSSR count). The van der Waals surface area contributed by atoms with Crippen molar-refractivity contribution in [3.05, 3.63) is 212 Å². The molecule has 0 amide bonds. The van der Waals surface area contributed by atoms with Crippen LogP contribution in [0, 0.1) is 0 Å². The lowest BCUT2D eigenvalue weighted by atomic mass is 9.95. The highest BCUT2D eigenvalue weighted by molar-refractivity contribution is 6.13. The molecule has 0 spiro atoms. The van der Waals surface area contributed by atoms with Crippen LogP contribution in [0.3, 0.4) is 0 Å². The Kier molecular flexibility index (Phi) is 8.45. The van der Waals surface area contributed by atoms with Gasteiger partial charge in [-0.25, -0.2) is 15.0 Å². The minimum absolute atomic E-state index is 0.574. The summed E-state index contributed by atoms with van der Waals surface area (Å²) in [6.07, 6.45) is 0. The zero-order valence-electron chi connectivity index (χ0n) is 32.0. The van der Waals surface area contributed by atoms with E-state index < -0.39 is 0 Å². The van der Waals surface area contributed by atoms with Crippen molar-refractivity contribution in [1.82, 2.24) is 15.0 Å². The summed E-state index contributed by atoms with van der Waals surface area (Å²) in [6, 6.07) is 74.0. The van der Waals surface area contributed by atoms with Gasteiger partial charge in [-0.05, 0) is 85.6 Å². The summed E-state index contributed by atoms with van der Waals surface area (Å²) in [4.78, 5) is 15.6. The molecule has 4 nitrogen and oxygen atoms in total. The number of hydrogen-bond donors (Lipinski definition) is 0. The summed E-state index contributed by atoms with van der Waals surface area (Å²) in [7, 11) is 0. The standard InChI is InChI=1S/C55H35N3O/c1-4-15-36(16-5-1)39-21-10-23-41(33-39)45-26-14-30-50-52(45)49-32-31-43(35-51(49)59-50)54-56-53(42-24-11-22-40(34-42)37-17-6-2-7-18-37)57-55(58-54)48-29-13-27-46-44(25-12-28-47(46)48)38-19-8-3-9-20-38/h1-35H. The average molecular weight is 754 g/mol. The maximum Gasteiger partial charge on any atom is 0.164 e. The van der Waals surface area contributed by atoms with E-state index in [1.807, 2.05) is 24.3 Å². The maximum absolute atomic E-state index is 6.63. The SMILES string of the molecule is c1ccc(-c2cccc(-c3nc(-c4ccc5c(c4)oc4cccc(-c6cccc(-c7ccccc7)c6)c45)nc(-c4cccc5c(-c6ccccc6)cccc45)n3)c2)cc1. The summed E-state index contributed by atoms with van der Waals surface area (Å²) in [5.41, 5.74) is 13.5. The summed E-state index contributed by atoms with van der Waals surface area (Å²) in [6.45, 7) is 0. The fourth-order valence-corrected chi connectivity index (χ4v) is 8.30. The van der Waals surface area contributed by atoms with Gasteiger partial charge in [0.2, 0.25) is 0 Å². The van der Waals surface area contributed by atoms with Gasteiger partial charge in [0.05, 0.1) is 0 Å². The van der Waals surface area contributed by atoms with Crippen molar-refractivity contribution in [3.63, 3.8) is 0 Å². The van der Waals surface area contributed by atoms with E-state index in [1.54, 1.807) is 0 Å². The first-order chi connectivity index (χ1) is 29.2. The van der Waals surface area contributed by atoms with Gasteiger partial charge < -0.3 is 4.42 Å². The molecular formula is C55H35N3O. The highest BCUT2D eigenvalue weighted by Crippen LogP contribution is 2.40. The van der Waals surface area contributed by atoms with Crippen LogP contribution in [0.1, 0.15) is 0 Å². The molecule has 4 heteroatoms. The van der Waals surface area contributed by atoms with Gasteiger partial charge >= 0.3 is 0 Å². The Labute approximate surface area is 341 Å². The Morgan fingerprint density at radius 3 is 1.41 bits per heavy atom. The Morgan fingerprint density at radius 1 is 0.254 bits per heavy atom.